The van der Waals surface area contributed by atoms with Crippen LogP contribution in [-0.2, 0) is 0 Å². The SMILES string of the molecule is CCCNc1nnc(-c2cnc(Nc3ccc4nonc4c3)cc2NC2CCCC2F)o1. The lowest BCUT2D eigenvalue weighted by Gasteiger charge is -2.19. The number of nitrogens with one attached hydrogen (secondary N) is 3. The fourth-order valence-corrected chi connectivity index (χ4v) is 3.73. The van der Waals surface area contributed by atoms with Gasteiger partial charge in [0.15, 0.2) is 0 Å². The second-order valence-electron chi connectivity index (χ2n) is 7.74. The molecular weight excluding hydrogens is 415 g/mol. The van der Waals surface area contributed by atoms with Crippen LogP contribution in [-0.4, -0.2) is 44.3 Å². The molecule has 0 spiro atoms. The van der Waals surface area contributed by atoms with Gasteiger partial charge in [-0.15, -0.1) is 5.10 Å². The molecule has 1 aliphatic rings. The minimum Gasteiger partial charge on any atom is -0.403 e. The van der Waals surface area contributed by atoms with E-state index in [2.05, 4.69) is 41.4 Å². The van der Waals surface area contributed by atoms with Gasteiger partial charge in [-0.3, -0.25) is 0 Å². The largest absolute Gasteiger partial charge is 0.403 e. The highest BCUT2D eigenvalue weighted by Crippen LogP contribution is 2.34. The normalized spacial score (nSPS) is 18.2. The Morgan fingerprint density at radius 3 is 2.88 bits per heavy atom. The number of pyridine rings is 1. The van der Waals surface area contributed by atoms with Crippen molar-refractivity contribution in [3.05, 3.63) is 30.5 Å². The molecule has 10 nitrogen and oxygen atoms in total. The van der Waals surface area contributed by atoms with Gasteiger partial charge in [0.25, 0.3) is 5.89 Å². The highest BCUT2D eigenvalue weighted by molar-refractivity contribution is 5.80. The molecule has 0 bridgehead atoms. The summed E-state index contributed by atoms with van der Waals surface area (Å²) in [5.41, 5.74) is 3.36. The summed E-state index contributed by atoms with van der Waals surface area (Å²) in [4.78, 5) is 4.49. The van der Waals surface area contributed by atoms with Crippen LogP contribution in [0, 0.1) is 0 Å². The number of benzene rings is 1. The summed E-state index contributed by atoms with van der Waals surface area (Å²) < 4.78 is 24.8. The summed E-state index contributed by atoms with van der Waals surface area (Å²) in [5.74, 6) is 0.887. The molecule has 2 atom stereocenters. The van der Waals surface area contributed by atoms with E-state index in [0.29, 0.717) is 46.4 Å². The second-order valence-corrected chi connectivity index (χ2v) is 7.74. The molecule has 11 heteroatoms. The molecule has 0 amide bonds. The number of anilines is 4. The Bertz CT molecular complexity index is 1210. The molecule has 4 aromatic rings. The maximum absolute atomic E-state index is 14.3. The Morgan fingerprint density at radius 2 is 2.03 bits per heavy atom. The van der Waals surface area contributed by atoms with Crippen molar-refractivity contribution < 1.29 is 13.4 Å². The lowest BCUT2D eigenvalue weighted by Crippen LogP contribution is -2.25. The third-order valence-corrected chi connectivity index (χ3v) is 5.38. The first-order valence-electron chi connectivity index (χ1n) is 10.7. The summed E-state index contributed by atoms with van der Waals surface area (Å²) in [6.07, 6.45) is 3.83. The van der Waals surface area contributed by atoms with Crippen LogP contribution in [0.5, 0.6) is 0 Å². The summed E-state index contributed by atoms with van der Waals surface area (Å²) in [6, 6.07) is 7.35. The molecule has 166 valence electrons. The molecule has 3 heterocycles. The van der Waals surface area contributed by atoms with Gasteiger partial charge < -0.3 is 20.4 Å². The zero-order valence-corrected chi connectivity index (χ0v) is 17.5. The highest BCUT2D eigenvalue weighted by Gasteiger charge is 2.28. The van der Waals surface area contributed by atoms with Gasteiger partial charge in [0, 0.05) is 24.5 Å². The quantitative estimate of drug-likeness (QED) is 0.361. The molecule has 5 rings (SSSR count). The Kier molecular flexibility index (Phi) is 5.53. The number of halogens is 1. The van der Waals surface area contributed by atoms with E-state index < -0.39 is 6.17 Å². The summed E-state index contributed by atoms with van der Waals surface area (Å²) in [5, 5.41) is 25.5. The summed E-state index contributed by atoms with van der Waals surface area (Å²) in [6.45, 7) is 2.78. The molecule has 3 aromatic heterocycles. The van der Waals surface area contributed by atoms with Crippen molar-refractivity contribution in [1.82, 2.24) is 25.5 Å². The van der Waals surface area contributed by atoms with E-state index in [0.717, 1.165) is 31.5 Å². The van der Waals surface area contributed by atoms with E-state index >= 15 is 0 Å². The van der Waals surface area contributed by atoms with Gasteiger partial charge >= 0.3 is 6.01 Å². The van der Waals surface area contributed by atoms with Crippen LogP contribution < -0.4 is 16.0 Å². The van der Waals surface area contributed by atoms with Gasteiger partial charge in [0.2, 0.25) is 0 Å². The van der Waals surface area contributed by atoms with Crippen LogP contribution in [0.2, 0.25) is 0 Å². The molecule has 2 unspecified atom stereocenters. The molecule has 0 radical (unpaired) electrons. The van der Waals surface area contributed by atoms with E-state index in [4.69, 9.17) is 9.05 Å². The lowest BCUT2D eigenvalue weighted by molar-refractivity contribution is 0.315. The van der Waals surface area contributed by atoms with Crippen LogP contribution >= 0.6 is 0 Å². The standard InChI is InChI=1S/C21H23FN8O2/c1-2-8-23-21-28-27-20(31-21)13-11-24-19(10-17(13)26-15-5-3-4-14(15)22)25-12-6-7-16-18(9-12)30-32-29-16/h6-7,9-11,14-15H,2-5,8H2,1H3,(H,23,28)(H2,24,25,26). The third kappa shape index (κ3) is 4.18. The Hall–Kier alpha value is -3.76. The van der Waals surface area contributed by atoms with Crippen LogP contribution in [0.15, 0.2) is 39.5 Å². The van der Waals surface area contributed by atoms with Crippen molar-refractivity contribution in [3.63, 3.8) is 0 Å². The molecule has 1 aromatic carbocycles. The van der Waals surface area contributed by atoms with Crippen molar-refractivity contribution in [1.29, 1.82) is 0 Å². The number of hydrogen-bond donors (Lipinski definition) is 3. The van der Waals surface area contributed by atoms with Crippen molar-refractivity contribution in [2.45, 2.75) is 44.8 Å². The zero-order chi connectivity index (χ0) is 21.9. The number of hydrogen-bond acceptors (Lipinski definition) is 10. The zero-order valence-electron chi connectivity index (χ0n) is 17.5. The fourth-order valence-electron chi connectivity index (χ4n) is 3.73. The molecule has 0 saturated heterocycles. The van der Waals surface area contributed by atoms with E-state index in [1.807, 2.05) is 25.1 Å². The second kappa shape index (κ2) is 8.77. The van der Waals surface area contributed by atoms with Gasteiger partial charge in [-0.1, -0.05) is 12.0 Å². The molecule has 3 N–H and O–H groups in total. The van der Waals surface area contributed by atoms with Crippen molar-refractivity contribution in [2.75, 3.05) is 22.5 Å². The van der Waals surface area contributed by atoms with E-state index in [1.54, 1.807) is 12.3 Å². The third-order valence-electron chi connectivity index (χ3n) is 5.38. The van der Waals surface area contributed by atoms with Gasteiger partial charge in [0.1, 0.15) is 23.0 Å². The van der Waals surface area contributed by atoms with Crippen molar-refractivity contribution in [3.8, 4) is 11.5 Å². The monoisotopic (exact) mass is 438 g/mol. The average Bonchev–Trinajstić information content (AvgIpc) is 3.54. The van der Waals surface area contributed by atoms with Crippen molar-refractivity contribution >= 4 is 34.2 Å². The summed E-state index contributed by atoms with van der Waals surface area (Å²) >= 11 is 0. The Balaban J connectivity index is 1.44. The van der Waals surface area contributed by atoms with E-state index in [1.165, 1.54) is 0 Å². The molecule has 1 fully saturated rings. The van der Waals surface area contributed by atoms with Gasteiger partial charge in [0.05, 0.1) is 17.3 Å². The molecule has 32 heavy (non-hydrogen) atoms. The predicted octanol–water partition coefficient (Wildman–Crippen LogP) is 4.54. The fraction of sp³-hybridized carbons (Fsp3) is 0.381. The maximum Gasteiger partial charge on any atom is 0.315 e. The first-order valence-corrected chi connectivity index (χ1v) is 10.7. The van der Waals surface area contributed by atoms with Crippen molar-refractivity contribution in [2.24, 2.45) is 0 Å². The summed E-state index contributed by atoms with van der Waals surface area (Å²) in [7, 11) is 0. The van der Waals surface area contributed by atoms with Gasteiger partial charge in [-0.2, -0.15) is 0 Å². The molecular formula is C21H23FN8O2. The minimum atomic E-state index is -0.904. The average molecular weight is 438 g/mol. The van der Waals surface area contributed by atoms with Gasteiger partial charge in [-0.05, 0) is 54.2 Å². The minimum absolute atomic E-state index is 0.276. The molecule has 1 aliphatic carbocycles. The van der Waals surface area contributed by atoms with Crippen LogP contribution in [0.1, 0.15) is 32.6 Å². The Morgan fingerprint density at radius 1 is 1.12 bits per heavy atom. The van der Waals surface area contributed by atoms with E-state index in [-0.39, 0.29) is 6.04 Å². The first-order chi connectivity index (χ1) is 15.7. The van der Waals surface area contributed by atoms with Crippen LogP contribution in [0.3, 0.4) is 0 Å². The number of aromatic nitrogens is 5. The van der Waals surface area contributed by atoms with Crippen LogP contribution in [0.25, 0.3) is 22.5 Å². The number of alkyl halides is 1. The lowest BCUT2D eigenvalue weighted by atomic mass is 10.1. The number of nitrogens with zero attached hydrogens (tertiary/aromatic N) is 5. The number of rotatable bonds is 8. The van der Waals surface area contributed by atoms with Gasteiger partial charge in [-0.25, -0.2) is 14.0 Å². The van der Waals surface area contributed by atoms with E-state index in [9.17, 15) is 4.39 Å². The molecule has 1 saturated carbocycles. The topological polar surface area (TPSA) is 127 Å². The number of fused-ring (bicyclic) bond motifs is 1. The smallest absolute Gasteiger partial charge is 0.315 e. The Labute approximate surface area is 183 Å². The first kappa shape index (κ1) is 20.2. The van der Waals surface area contributed by atoms with Crippen LogP contribution in [0.4, 0.5) is 27.6 Å². The highest BCUT2D eigenvalue weighted by atomic mass is 19.1. The predicted molar refractivity (Wildman–Crippen MR) is 118 cm³/mol. The molecule has 0 aliphatic heterocycles. The maximum atomic E-state index is 14.3.